The predicted molar refractivity (Wildman–Crippen MR) is 23.1 cm³/mol. The normalized spacial score (nSPS) is 6.14. The smallest absolute Gasteiger partial charge is 0.329 e. The lowest BCUT2D eigenvalue weighted by molar-refractivity contribution is -0.140. The van der Waals surface area contributed by atoms with Crippen LogP contribution in [0.3, 0.4) is 0 Å². The molecule has 0 atom stereocenters. The first-order valence-electron chi connectivity index (χ1n) is 1.43. The first kappa shape index (κ1) is 9.61. The molecule has 0 aromatic heterocycles. The number of carbonyl (C=O) groups is 1. The molecule has 5 nitrogen and oxygen atoms in total. The molecule has 0 spiro atoms. The number of carboxylic acid groups (broad SMARTS) is 1. The van der Waals surface area contributed by atoms with E-state index in [1.54, 1.807) is 0 Å². The zero-order chi connectivity index (χ0) is 6.28. The minimum atomic E-state index is -1.19. The van der Waals surface area contributed by atoms with Crippen LogP contribution in [0.4, 0.5) is 0 Å². The fraction of sp³-hybridized carbons (Fsp3) is 0.500. The molecular formula is C2H8N2O3. The van der Waals surface area contributed by atoms with Gasteiger partial charge in [0.25, 0.3) is 0 Å². The van der Waals surface area contributed by atoms with Gasteiger partial charge in [-0.25, -0.2) is 4.79 Å². The topological polar surface area (TPSA) is 110 Å². The van der Waals surface area contributed by atoms with E-state index in [9.17, 15) is 0 Å². The van der Waals surface area contributed by atoms with E-state index in [-0.39, 0.29) is 0 Å². The molecule has 0 saturated carbocycles. The van der Waals surface area contributed by atoms with Crippen LogP contribution >= 0.6 is 0 Å². The van der Waals surface area contributed by atoms with E-state index in [1.807, 2.05) is 0 Å². The van der Waals surface area contributed by atoms with Crippen LogP contribution < -0.4 is 11.7 Å². The Balaban J connectivity index is 0. The lowest BCUT2D eigenvalue weighted by atomic mass is 10.8. The number of hydrogen-bond donors (Lipinski definition) is 4. The van der Waals surface area contributed by atoms with Crippen molar-refractivity contribution in [1.82, 2.24) is 0 Å². The van der Waals surface area contributed by atoms with Crippen molar-refractivity contribution >= 4 is 5.97 Å². The van der Waals surface area contributed by atoms with Crippen LogP contribution in [0.2, 0.25) is 0 Å². The Hall–Kier alpha value is -0.650. The van der Waals surface area contributed by atoms with E-state index in [1.165, 1.54) is 0 Å². The average Bonchev–Trinajstić information content (AvgIpc) is 1.73. The van der Waals surface area contributed by atoms with Gasteiger partial charge in [0.2, 0.25) is 0 Å². The van der Waals surface area contributed by atoms with Crippen LogP contribution in [0, 0.1) is 0 Å². The van der Waals surface area contributed by atoms with Crippen LogP contribution in [0.1, 0.15) is 0 Å². The fourth-order valence-corrected chi connectivity index (χ4v) is 0. The van der Waals surface area contributed by atoms with Crippen LogP contribution in [0.15, 0.2) is 0 Å². The zero-order valence-corrected chi connectivity index (χ0v) is 3.66. The SMILES string of the molecule is NN.O=C(O)CO. The molecule has 0 bridgehead atoms. The van der Waals surface area contributed by atoms with Crippen molar-refractivity contribution in [3.63, 3.8) is 0 Å². The highest BCUT2D eigenvalue weighted by Crippen LogP contribution is 1.48. The minimum absolute atomic E-state index is 0.778. The van der Waals surface area contributed by atoms with Gasteiger partial charge in [0.15, 0.2) is 0 Å². The number of aliphatic carboxylic acids is 1. The molecule has 0 aliphatic carbocycles. The van der Waals surface area contributed by atoms with Crippen molar-refractivity contribution in [1.29, 1.82) is 0 Å². The molecule has 0 aromatic rings. The number of aliphatic hydroxyl groups is 1. The summed E-state index contributed by atoms with van der Waals surface area (Å²) in [6, 6.07) is 0. The Bertz CT molecular complexity index is 46.2. The quantitative estimate of drug-likeness (QED) is 0.227. The van der Waals surface area contributed by atoms with Crippen LogP contribution in [0.25, 0.3) is 0 Å². The monoisotopic (exact) mass is 108 g/mol. The summed E-state index contributed by atoms with van der Waals surface area (Å²) in [6.07, 6.45) is 0. The van der Waals surface area contributed by atoms with Gasteiger partial charge in [-0.3, -0.25) is 11.7 Å². The van der Waals surface area contributed by atoms with Crippen LogP contribution in [0.5, 0.6) is 0 Å². The molecule has 0 fully saturated rings. The molecule has 0 unspecified atom stereocenters. The molecular weight excluding hydrogens is 100 g/mol. The maximum Gasteiger partial charge on any atom is 0.329 e. The number of carboxylic acids is 1. The summed E-state index contributed by atoms with van der Waals surface area (Å²) in [5.41, 5.74) is 0. The summed E-state index contributed by atoms with van der Waals surface area (Å²) in [5, 5.41) is 15.0. The summed E-state index contributed by atoms with van der Waals surface area (Å²) < 4.78 is 0. The summed E-state index contributed by atoms with van der Waals surface area (Å²) in [7, 11) is 0. The van der Waals surface area contributed by atoms with Gasteiger partial charge in [0.1, 0.15) is 6.61 Å². The van der Waals surface area contributed by atoms with Gasteiger partial charge in [-0.05, 0) is 0 Å². The first-order chi connectivity index (χ1) is 3.27. The molecule has 0 radical (unpaired) electrons. The van der Waals surface area contributed by atoms with Crippen molar-refractivity contribution < 1.29 is 15.0 Å². The standard InChI is InChI=1S/C2H4O3.H4N2/c3-1-2(4)5;1-2/h3H,1H2,(H,4,5);1-2H2. The van der Waals surface area contributed by atoms with Crippen molar-refractivity contribution in [3.8, 4) is 0 Å². The Morgan fingerprint density at radius 3 is 1.71 bits per heavy atom. The predicted octanol–water partition coefficient (Wildman–Crippen LogP) is -2.12. The molecule has 0 saturated heterocycles. The zero-order valence-electron chi connectivity index (χ0n) is 3.66. The maximum absolute atomic E-state index is 9.12. The number of hydrogen-bond acceptors (Lipinski definition) is 4. The summed E-state index contributed by atoms with van der Waals surface area (Å²) in [5.74, 6) is 6.81. The molecule has 0 aromatic carbocycles. The number of nitrogens with two attached hydrogens (primary N) is 2. The number of aliphatic hydroxyl groups excluding tert-OH is 1. The van der Waals surface area contributed by atoms with E-state index < -0.39 is 12.6 Å². The van der Waals surface area contributed by atoms with Gasteiger partial charge < -0.3 is 10.2 Å². The second kappa shape index (κ2) is 9.02. The van der Waals surface area contributed by atoms with Crippen molar-refractivity contribution in [2.24, 2.45) is 11.7 Å². The van der Waals surface area contributed by atoms with Crippen LogP contribution in [-0.2, 0) is 4.79 Å². The fourth-order valence-electron chi connectivity index (χ4n) is 0. The van der Waals surface area contributed by atoms with E-state index in [2.05, 4.69) is 11.7 Å². The third-order valence-corrected chi connectivity index (χ3v) is 0.135. The minimum Gasteiger partial charge on any atom is -0.480 e. The summed E-state index contributed by atoms with van der Waals surface area (Å²) >= 11 is 0. The molecule has 7 heavy (non-hydrogen) atoms. The summed E-state index contributed by atoms with van der Waals surface area (Å²) in [4.78, 5) is 9.12. The van der Waals surface area contributed by atoms with E-state index in [4.69, 9.17) is 15.0 Å². The van der Waals surface area contributed by atoms with Gasteiger partial charge in [0.05, 0.1) is 0 Å². The molecule has 5 heteroatoms. The first-order valence-corrected chi connectivity index (χ1v) is 1.43. The average molecular weight is 108 g/mol. The maximum atomic E-state index is 9.12. The second-order valence-electron chi connectivity index (χ2n) is 0.552. The number of hydrazine groups is 1. The lowest BCUT2D eigenvalue weighted by Gasteiger charge is -1.72. The van der Waals surface area contributed by atoms with Crippen molar-refractivity contribution in [2.45, 2.75) is 0 Å². The summed E-state index contributed by atoms with van der Waals surface area (Å²) in [6.45, 7) is -0.778. The van der Waals surface area contributed by atoms with Gasteiger partial charge in [-0.2, -0.15) is 0 Å². The van der Waals surface area contributed by atoms with E-state index in [0.29, 0.717) is 0 Å². The Morgan fingerprint density at radius 1 is 1.57 bits per heavy atom. The second-order valence-corrected chi connectivity index (χ2v) is 0.552. The van der Waals surface area contributed by atoms with Gasteiger partial charge in [-0.15, -0.1) is 0 Å². The lowest BCUT2D eigenvalue weighted by Crippen LogP contribution is -2.02. The third kappa shape index (κ3) is 32.9. The van der Waals surface area contributed by atoms with Gasteiger partial charge in [0, 0.05) is 0 Å². The largest absolute Gasteiger partial charge is 0.480 e. The highest BCUT2D eigenvalue weighted by molar-refractivity contribution is 5.67. The molecule has 6 N–H and O–H groups in total. The molecule has 44 valence electrons. The third-order valence-electron chi connectivity index (χ3n) is 0.135. The van der Waals surface area contributed by atoms with E-state index >= 15 is 0 Å². The van der Waals surface area contributed by atoms with Crippen molar-refractivity contribution in [2.75, 3.05) is 6.61 Å². The van der Waals surface area contributed by atoms with Crippen molar-refractivity contribution in [3.05, 3.63) is 0 Å². The molecule has 0 rings (SSSR count). The number of rotatable bonds is 1. The Morgan fingerprint density at radius 2 is 1.71 bits per heavy atom. The van der Waals surface area contributed by atoms with Gasteiger partial charge in [-0.1, -0.05) is 0 Å². The highest BCUT2D eigenvalue weighted by Gasteiger charge is 1.82. The molecule has 0 aliphatic heterocycles. The molecule has 0 amide bonds. The van der Waals surface area contributed by atoms with Crippen LogP contribution in [-0.4, -0.2) is 22.8 Å². The molecule has 0 aliphatic rings. The van der Waals surface area contributed by atoms with E-state index in [0.717, 1.165) is 0 Å². The highest BCUT2D eigenvalue weighted by atomic mass is 16.4. The van der Waals surface area contributed by atoms with Gasteiger partial charge >= 0.3 is 5.97 Å². The molecule has 0 heterocycles. The Labute approximate surface area is 40.5 Å². The Kier molecular flexibility index (Phi) is 12.4.